The first-order chi connectivity index (χ1) is 25.0. The van der Waals surface area contributed by atoms with Crippen LogP contribution in [0.3, 0.4) is 0 Å². The van der Waals surface area contributed by atoms with Crippen molar-refractivity contribution in [1.29, 1.82) is 0 Å². The number of hydrogen-bond donors (Lipinski definition) is 2. The van der Waals surface area contributed by atoms with Gasteiger partial charge in [-0.05, 0) is 56.5 Å². The van der Waals surface area contributed by atoms with Crippen LogP contribution in [-0.2, 0) is 10.3 Å². The molecule has 3 amide bonds. The summed E-state index contributed by atoms with van der Waals surface area (Å²) in [4.78, 5) is 36.3. The average molecular weight is 698 g/mol. The summed E-state index contributed by atoms with van der Waals surface area (Å²) >= 11 is 0. The molecule has 0 radical (unpaired) electrons. The first kappa shape index (κ1) is 34.4. The lowest BCUT2D eigenvalue weighted by atomic mass is 9.77. The van der Waals surface area contributed by atoms with Crippen molar-refractivity contribution in [3.63, 3.8) is 0 Å². The zero-order valence-electron chi connectivity index (χ0n) is 29.5. The van der Waals surface area contributed by atoms with E-state index in [4.69, 9.17) is 9.84 Å². The molecule has 0 saturated carbocycles. The van der Waals surface area contributed by atoms with Crippen molar-refractivity contribution in [2.45, 2.75) is 51.0 Å². The topological polar surface area (TPSA) is 114 Å². The standard InChI is InChI=1S/C41H40FN7O3/c1-27-22-28(20-21-43-27)37-32-24-44-36(46-38(50)45-34-26-48(25-33(34)42)39(51)52-40(2,3)4)23-35(32)49(47-37)41(29-14-8-5-9-15-29,30-16-10-6-11-17-30)31-18-12-7-13-19-31/h5-24,33-34H,25-26H2,1-4H3,(H2,44,45,46,50). The first-order valence-electron chi connectivity index (χ1n) is 17.2. The number of hydrogen-bond acceptors (Lipinski definition) is 6. The Balaban J connectivity index is 1.34. The van der Waals surface area contributed by atoms with E-state index < -0.39 is 35.5 Å². The van der Waals surface area contributed by atoms with Crippen molar-refractivity contribution >= 4 is 28.8 Å². The Hall–Kier alpha value is -6.10. The van der Waals surface area contributed by atoms with Gasteiger partial charge in [-0.25, -0.2) is 23.6 Å². The zero-order chi connectivity index (χ0) is 36.5. The molecule has 6 aromatic rings. The molecule has 2 atom stereocenters. The number of alkyl halides is 1. The van der Waals surface area contributed by atoms with Gasteiger partial charge in [0.05, 0.1) is 18.1 Å². The Morgan fingerprint density at radius 1 is 0.827 bits per heavy atom. The number of halogens is 1. The number of carbonyl (C=O) groups is 2. The Bertz CT molecular complexity index is 2110. The van der Waals surface area contributed by atoms with Crippen LogP contribution in [0.25, 0.3) is 22.2 Å². The van der Waals surface area contributed by atoms with E-state index in [0.29, 0.717) is 11.2 Å². The molecule has 4 heterocycles. The molecule has 0 bridgehead atoms. The summed E-state index contributed by atoms with van der Waals surface area (Å²) in [5.74, 6) is 0.240. The highest BCUT2D eigenvalue weighted by molar-refractivity contribution is 5.97. The van der Waals surface area contributed by atoms with Crippen molar-refractivity contribution in [3.05, 3.63) is 144 Å². The van der Waals surface area contributed by atoms with E-state index in [-0.39, 0.29) is 18.9 Å². The lowest BCUT2D eigenvalue weighted by molar-refractivity contribution is 0.0282. The highest BCUT2D eigenvalue weighted by Gasteiger charge is 2.42. The summed E-state index contributed by atoms with van der Waals surface area (Å²) < 4.78 is 22.5. The fourth-order valence-corrected chi connectivity index (χ4v) is 6.84. The number of aromatic nitrogens is 4. The Kier molecular flexibility index (Phi) is 9.18. The van der Waals surface area contributed by atoms with Crippen LogP contribution in [0.5, 0.6) is 0 Å². The molecule has 7 rings (SSSR count). The molecule has 11 heteroatoms. The van der Waals surface area contributed by atoms with Crippen LogP contribution in [0, 0.1) is 6.92 Å². The van der Waals surface area contributed by atoms with Gasteiger partial charge < -0.3 is 15.0 Å². The van der Waals surface area contributed by atoms with Crippen LogP contribution in [-0.4, -0.2) is 67.7 Å². The average Bonchev–Trinajstić information content (AvgIpc) is 3.69. The van der Waals surface area contributed by atoms with Gasteiger partial charge in [0, 0.05) is 41.6 Å². The molecule has 2 unspecified atom stereocenters. The van der Waals surface area contributed by atoms with Crippen LogP contribution in [0.15, 0.2) is 122 Å². The number of nitrogens with zero attached hydrogens (tertiary/aromatic N) is 5. The molecule has 2 N–H and O–H groups in total. The van der Waals surface area contributed by atoms with E-state index in [1.165, 1.54) is 4.90 Å². The minimum atomic E-state index is -1.47. The number of benzene rings is 3. The number of pyridine rings is 2. The van der Waals surface area contributed by atoms with Gasteiger partial charge in [-0.1, -0.05) is 91.0 Å². The SMILES string of the molecule is Cc1cc(-c2nn(C(c3ccccc3)(c3ccccc3)c3ccccc3)c3cc(NC(=O)NC4CN(C(=O)OC(C)(C)C)CC4F)ncc23)ccn1. The fourth-order valence-electron chi connectivity index (χ4n) is 6.84. The highest BCUT2D eigenvalue weighted by atomic mass is 19.1. The molecular weight excluding hydrogens is 657 g/mol. The van der Waals surface area contributed by atoms with E-state index in [1.807, 2.05) is 78.3 Å². The third kappa shape index (κ3) is 6.69. The maximum Gasteiger partial charge on any atom is 0.410 e. The number of anilines is 1. The molecule has 1 saturated heterocycles. The largest absolute Gasteiger partial charge is 0.444 e. The number of carbonyl (C=O) groups excluding carboxylic acids is 2. The second kappa shape index (κ2) is 13.9. The molecule has 3 aromatic heterocycles. The molecule has 10 nitrogen and oxygen atoms in total. The number of ether oxygens (including phenoxy) is 1. The lowest BCUT2D eigenvalue weighted by Gasteiger charge is -2.37. The minimum absolute atomic E-state index is 0.0226. The summed E-state index contributed by atoms with van der Waals surface area (Å²) in [6, 6.07) is 34.7. The van der Waals surface area contributed by atoms with Crippen LogP contribution < -0.4 is 10.6 Å². The first-order valence-corrected chi connectivity index (χ1v) is 17.2. The van der Waals surface area contributed by atoms with Crippen LogP contribution in [0.2, 0.25) is 0 Å². The molecule has 1 aliphatic rings. The van der Waals surface area contributed by atoms with Gasteiger partial charge in [-0.15, -0.1) is 0 Å². The number of rotatable bonds is 7. The highest BCUT2D eigenvalue weighted by Crippen LogP contribution is 2.44. The van der Waals surface area contributed by atoms with Crippen molar-refractivity contribution in [2.24, 2.45) is 0 Å². The maximum atomic E-state index is 15.1. The lowest BCUT2D eigenvalue weighted by Crippen LogP contribution is -2.44. The van der Waals surface area contributed by atoms with Crippen molar-refractivity contribution in [2.75, 3.05) is 18.4 Å². The van der Waals surface area contributed by atoms with E-state index in [9.17, 15) is 9.59 Å². The Morgan fingerprint density at radius 3 is 1.98 bits per heavy atom. The quantitative estimate of drug-likeness (QED) is 0.165. The van der Waals surface area contributed by atoms with Gasteiger partial charge in [0.15, 0.2) is 0 Å². The molecule has 0 aliphatic carbocycles. The molecule has 1 fully saturated rings. The van der Waals surface area contributed by atoms with Crippen molar-refractivity contribution in [1.82, 2.24) is 30.0 Å². The summed E-state index contributed by atoms with van der Waals surface area (Å²) in [6.45, 7) is 6.97. The van der Waals surface area contributed by atoms with E-state index in [1.54, 1.807) is 39.2 Å². The van der Waals surface area contributed by atoms with Gasteiger partial charge in [0.25, 0.3) is 0 Å². The van der Waals surface area contributed by atoms with Crippen molar-refractivity contribution < 1.29 is 18.7 Å². The number of aryl methyl sites for hydroxylation is 1. The smallest absolute Gasteiger partial charge is 0.410 e. The molecular formula is C41H40FN7O3. The number of nitrogens with one attached hydrogen (secondary N) is 2. The van der Waals surface area contributed by atoms with Crippen LogP contribution in [0.4, 0.5) is 19.8 Å². The van der Waals surface area contributed by atoms with Gasteiger partial charge in [-0.2, -0.15) is 5.10 Å². The summed E-state index contributed by atoms with van der Waals surface area (Å²) in [7, 11) is 0. The minimum Gasteiger partial charge on any atom is -0.444 e. The van der Waals surface area contributed by atoms with Gasteiger partial charge in [0.1, 0.15) is 28.8 Å². The molecule has 264 valence electrons. The number of fused-ring (bicyclic) bond motifs is 1. The van der Waals surface area contributed by atoms with Gasteiger partial charge in [0.2, 0.25) is 0 Å². The predicted octanol–water partition coefficient (Wildman–Crippen LogP) is 7.72. The maximum absolute atomic E-state index is 15.1. The number of urea groups is 1. The Labute approximate surface area is 301 Å². The second-order valence-corrected chi connectivity index (χ2v) is 13.9. The summed E-state index contributed by atoms with van der Waals surface area (Å²) in [5.41, 5.74) is 4.35. The molecule has 1 aliphatic heterocycles. The third-order valence-electron chi connectivity index (χ3n) is 9.09. The normalized spacial score (nSPS) is 16.1. The number of amides is 3. The van der Waals surface area contributed by atoms with E-state index in [0.717, 1.165) is 33.3 Å². The third-order valence-corrected chi connectivity index (χ3v) is 9.09. The van der Waals surface area contributed by atoms with Crippen LogP contribution >= 0.6 is 0 Å². The van der Waals surface area contributed by atoms with Crippen LogP contribution in [0.1, 0.15) is 43.2 Å². The second-order valence-electron chi connectivity index (χ2n) is 13.9. The monoisotopic (exact) mass is 697 g/mol. The zero-order valence-corrected chi connectivity index (χ0v) is 29.5. The Morgan fingerprint density at radius 2 is 1.42 bits per heavy atom. The number of likely N-dealkylation sites (tertiary alicyclic amines) is 1. The van der Waals surface area contributed by atoms with Crippen molar-refractivity contribution in [3.8, 4) is 11.3 Å². The van der Waals surface area contributed by atoms with Gasteiger partial charge in [-0.3, -0.25) is 10.3 Å². The molecule has 3 aromatic carbocycles. The van der Waals surface area contributed by atoms with Gasteiger partial charge >= 0.3 is 12.1 Å². The van der Waals surface area contributed by atoms with E-state index >= 15 is 4.39 Å². The molecule has 52 heavy (non-hydrogen) atoms. The fraction of sp³-hybridized carbons (Fsp3) is 0.244. The summed E-state index contributed by atoms with van der Waals surface area (Å²) in [5, 5.41) is 11.6. The predicted molar refractivity (Wildman–Crippen MR) is 199 cm³/mol. The summed E-state index contributed by atoms with van der Waals surface area (Å²) in [6.07, 6.45) is 1.36. The van der Waals surface area contributed by atoms with E-state index in [2.05, 4.69) is 57.0 Å². The molecule has 0 spiro atoms.